The average molecular weight is 470 g/mol. The maximum Gasteiger partial charge on any atom is 0.408 e. The zero-order chi connectivity index (χ0) is 24.7. The maximum absolute atomic E-state index is 12.2. The molecule has 0 aromatic heterocycles. The van der Waals surface area contributed by atoms with Gasteiger partial charge in [0, 0.05) is 25.6 Å². The van der Waals surface area contributed by atoms with Crippen molar-refractivity contribution < 1.29 is 29.0 Å². The predicted octanol–water partition coefficient (Wildman–Crippen LogP) is 3.09. The zero-order valence-electron chi connectivity index (χ0n) is 19.6. The van der Waals surface area contributed by atoms with Crippen LogP contribution < -0.4 is 16.0 Å². The first-order valence-corrected chi connectivity index (χ1v) is 11.2. The topological polar surface area (TPSA) is 126 Å². The summed E-state index contributed by atoms with van der Waals surface area (Å²) in [5, 5.41) is 17.1. The van der Waals surface area contributed by atoms with E-state index < -0.39 is 29.8 Å². The third-order valence-corrected chi connectivity index (χ3v) is 5.25. The molecule has 9 heteroatoms. The third-order valence-electron chi connectivity index (χ3n) is 5.25. The van der Waals surface area contributed by atoms with Crippen LogP contribution in [-0.4, -0.2) is 61.1 Å². The summed E-state index contributed by atoms with van der Waals surface area (Å²) in [6.07, 6.45) is -1.36. The fraction of sp³-hybridized carbons (Fsp3) is 0.400. The Hall–Kier alpha value is -3.59. The molecule has 3 rings (SSSR count). The second kappa shape index (κ2) is 11.0. The van der Waals surface area contributed by atoms with Gasteiger partial charge < -0.3 is 30.5 Å². The van der Waals surface area contributed by atoms with E-state index >= 15 is 0 Å². The molecule has 0 aliphatic heterocycles. The van der Waals surface area contributed by atoms with E-state index in [0.717, 1.165) is 22.3 Å². The number of hydrogen-bond acceptors (Lipinski definition) is 6. The summed E-state index contributed by atoms with van der Waals surface area (Å²) in [6.45, 7) is 5.79. The van der Waals surface area contributed by atoms with Crippen molar-refractivity contribution in [1.29, 1.82) is 0 Å². The standard InChI is InChI=1S/C25H31N3O6/c1-25(2,3)34-24(32)28-21(22(29)30)14-26-12-13-27-23(31)33-15-20-18-10-6-4-8-16(18)17-9-5-7-11-19(17)20/h4-11,20-21,26H,12-15H2,1-3H3,(H,27,31)(H,28,32)(H,29,30)/t21-/m0/s1. The number of carbonyl (C=O) groups excluding carboxylic acids is 2. The number of carbonyl (C=O) groups is 3. The molecule has 0 bridgehead atoms. The second-order valence-corrected chi connectivity index (χ2v) is 8.99. The molecule has 0 saturated carbocycles. The van der Waals surface area contributed by atoms with Crippen LogP contribution in [0.2, 0.25) is 0 Å². The lowest BCUT2D eigenvalue weighted by Gasteiger charge is -2.22. The molecule has 4 N–H and O–H groups in total. The highest BCUT2D eigenvalue weighted by Gasteiger charge is 2.29. The number of carboxylic acid groups (broad SMARTS) is 1. The Morgan fingerprint density at radius 1 is 0.941 bits per heavy atom. The predicted molar refractivity (Wildman–Crippen MR) is 127 cm³/mol. The molecule has 0 fully saturated rings. The van der Waals surface area contributed by atoms with Gasteiger partial charge in [-0.3, -0.25) is 0 Å². The van der Waals surface area contributed by atoms with Crippen LogP contribution in [0.3, 0.4) is 0 Å². The first-order valence-electron chi connectivity index (χ1n) is 11.2. The van der Waals surface area contributed by atoms with E-state index in [1.54, 1.807) is 20.8 Å². The Bertz CT molecular complexity index is 988. The van der Waals surface area contributed by atoms with Gasteiger partial charge in [0.2, 0.25) is 0 Å². The van der Waals surface area contributed by atoms with Crippen molar-refractivity contribution in [3.63, 3.8) is 0 Å². The van der Waals surface area contributed by atoms with Crippen LogP contribution in [0.5, 0.6) is 0 Å². The summed E-state index contributed by atoms with van der Waals surface area (Å²) in [7, 11) is 0. The van der Waals surface area contributed by atoms with Gasteiger partial charge in [0.15, 0.2) is 0 Å². The molecule has 0 saturated heterocycles. The third kappa shape index (κ3) is 6.71. The number of rotatable bonds is 9. The molecule has 1 atom stereocenters. The van der Waals surface area contributed by atoms with Gasteiger partial charge in [-0.2, -0.15) is 0 Å². The minimum Gasteiger partial charge on any atom is -0.480 e. The number of carboxylic acids is 1. The van der Waals surface area contributed by atoms with Gasteiger partial charge in [0.1, 0.15) is 18.2 Å². The molecule has 34 heavy (non-hydrogen) atoms. The van der Waals surface area contributed by atoms with E-state index in [9.17, 15) is 19.5 Å². The quantitative estimate of drug-likeness (QED) is 0.416. The molecule has 2 aromatic rings. The number of hydrogen-bond donors (Lipinski definition) is 4. The van der Waals surface area contributed by atoms with Crippen molar-refractivity contribution in [3.05, 3.63) is 59.7 Å². The number of amides is 2. The highest BCUT2D eigenvalue weighted by molar-refractivity contribution is 5.80. The molecule has 0 spiro atoms. The van der Waals surface area contributed by atoms with Crippen molar-refractivity contribution in [1.82, 2.24) is 16.0 Å². The number of benzene rings is 2. The smallest absolute Gasteiger partial charge is 0.408 e. The first-order chi connectivity index (χ1) is 16.2. The number of fused-ring (bicyclic) bond motifs is 3. The fourth-order valence-electron chi connectivity index (χ4n) is 3.80. The molecule has 2 amide bonds. The maximum atomic E-state index is 12.2. The molecular weight excluding hydrogens is 438 g/mol. The normalized spacial score (nSPS) is 13.4. The lowest BCUT2D eigenvalue weighted by molar-refractivity contribution is -0.139. The summed E-state index contributed by atoms with van der Waals surface area (Å²) in [6, 6.07) is 15.0. The molecule has 1 aliphatic carbocycles. The Kier molecular flexibility index (Phi) is 8.12. The van der Waals surface area contributed by atoms with Crippen LogP contribution in [-0.2, 0) is 14.3 Å². The van der Waals surface area contributed by atoms with E-state index in [1.165, 1.54) is 0 Å². The molecule has 0 heterocycles. The number of nitrogens with one attached hydrogen (secondary N) is 3. The van der Waals surface area contributed by atoms with E-state index in [2.05, 4.69) is 40.2 Å². The largest absolute Gasteiger partial charge is 0.480 e. The van der Waals surface area contributed by atoms with Gasteiger partial charge in [-0.25, -0.2) is 14.4 Å². The van der Waals surface area contributed by atoms with Crippen molar-refractivity contribution in [2.24, 2.45) is 0 Å². The van der Waals surface area contributed by atoms with Gasteiger partial charge in [-0.15, -0.1) is 0 Å². The summed E-state index contributed by atoms with van der Waals surface area (Å²) in [4.78, 5) is 35.3. The zero-order valence-corrected chi connectivity index (χ0v) is 19.6. The summed E-state index contributed by atoms with van der Waals surface area (Å²) >= 11 is 0. The lowest BCUT2D eigenvalue weighted by Crippen LogP contribution is -2.49. The molecule has 1 aliphatic rings. The SMILES string of the molecule is CC(C)(C)OC(=O)N[C@@H](CNCCNC(=O)OCC1c2ccccc2-c2ccccc21)C(=O)O. The van der Waals surface area contributed by atoms with Crippen LogP contribution in [0.4, 0.5) is 9.59 Å². The van der Waals surface area contributed by atoms with Gasteiger partial charge in [0.05, 0.1) is 0 Å². The molecule has 9 nitrogen and oxygen atoms in total. The highest BCUT2D eigenvalue weighted by Crippen LogP contribution is 2.44. The Morgan fingerprint density at radius 3 is 2.09 bits per heavy atom. The molecule has 0 unspecified atom stereocenters. The van der Waals surface area contributed by atoms with Crippen LogP contribution in [0.1, 0.15) is 37.8 Å². The van der Waals surface area contributed by atoms with Gasteiger partial charge >= 0.3 is 18.2 Å². The molecule has 0 radical (unpaired) electrons. The van der Waals surface area contributed by atoms with Crippen LogP contribution >= 0.6 is 0 Å². The Morgan fingerprint density at radius 2 is 1.53 bits per heavy atom. The van der Waals surface area contributed by atoms with Crippen LogP contribution in [0, 0.1) is 0 Å². The Balaban J connectivity index is 1.40. The minimum absolute atomic E-state index is 0.0217. The van der Waals surface area contributed by atoms with Crippen molar-refractivity contribution in [2.75, 3.05) is 26.2 Å². The summed E-state index contributed by atoms with van der Waals surface area (Å²) < 4.78 is 10.5. The molecule has 182 valence electrons. The monoisotopic (exact) mass is 469 g/mol. The molecule has 2 aromatic carbocycles. The van der Waals surface area contributed by atoms with Crippen molar-refractivity contribution >= 4 is 18.2 Å². The van der Waals surface area contributed by atoms with Crippen molar-refractivity contribution in [3.8, 4) is 11.1 Å². The lowest BCUT2D eigenvalue weighted by atomic mass is 9.98. The first kappa shape index (κ1) is 25.0. The average Bonchev–Trinajstić information content (AvgIpc) is 3.09. The summed E-state index contributed by atoms with van der Waals surface area (Å²) in [5.41, 5.74) is 3.85. The van der Waals surface area contributed by atoms with E-state index in [0.29, 0.717) is 6.54 Å². The number of alkyl carbamates (subject to hydrolysis) is 2. The fourth-order valence-corrected chi connectivity index (χ4v) is 3.80. The van der Waals surface area contributed by atoms with Crippen LogP contribution in [0.15, 0.2) is 48.5 Å². The second-order valence-electron chi connectivity index (χ2n) is 8.99. The highest BCUT2D eigenvalue weighted by atomic mass is 16.6. The summed E-state index contributed by atoms with van der Waals surface area (Å²) in [5.74, 6) is -1.21. The van der Waals surface area contributed by atoms with Gasteiger partial charge in [-0.1, -0.05) is 48.5 Å². The number of ether oxygens (including phenoxy) is 2. The van der Waals surface area contributed by atoms with E-state index in [-0.39, 0.29) is 25.6 Å². The minimum atomic E-state index is -1.19. The van der Waals surface area contributed by atoms with Gasteiger partial charge in [0.25, 0.3) is 0 Å². The molecular formula is C25H31N3O6. The number of aliphatic carboxylic acids is 1. The van der Waals surface area contributed by atoms with Crippen LogP contribution in [0.25, 0.3) is 11.1 Å². The van der Waals surface area contributed by atoms with E-state index in [4.69, 9.17) is 9.47 Å². The Labute approximate surface area is 198 Å². The van der Waals surface area contributed by atoms with E-state index in [1.807, 2.05) is 24.3 Å². The van der Waals surface area contributed by atoms with Gasteiger partial charge in [-0.05, 0) is 43.0 Å². The van der Waals surface area contributed by atoms with Crippen molar-refractivity contribution in [2.45, 2.75) is 38.3 Å².